The summed E-state index contributed by atoms with van der Waals surface area (Å²) in [6.07, 6.45) is 0. The molecule has 2 aliphatic rings. The fourth-order valence-corrected chi connectivity index (χ4v) is 4.21. The van der Waals surface area contributed by atoms with Crippen molar-refractivity contribution in [3.05, 3.63) is 119 Å². The molecule has 2 saturated heterocycles. The second-order valence-corrected chi connectivity index (χ2v) is 11.6. The molecule has 2 aliphatic heterocycles. The van der Waals surface area contributed by atoms with Crippen molar-refractivity contribution in [2.45, 2.75) is 31.7 Å². The highest BCUT2D eigenvalue weighted by molar-refractivity contribution is 5.97. The van der Waals surface area contributed by atoms with Crippen molar-refractivity contribution in [1.29, 1.82) is 0 Å². The number of epoxide rings is 2. The van der Waals surface area contributed by atoms with Crippen molar-refractivity contribution in [2.24, 2.45) is 0 Å². The monoisotopic (exact) mass is 624 g/mol. The maximum atomic E-state index is 13.2. The normalized spacial score (nSPS) is 19.4. The zero-order valence-corrected chi connectivity index (χ0v) is 25.4. The molecular weight excluding hydrogens is 592 g/mol. The van der Waals surface area contributed by atoms with Crippen molar-refractivity contribution in [1.82, 2.24) is 0 Å². The van der Waals surface area contributed by atoms with Crippen LogP contribution in [-0.2, 0) is 20.8 Å². The lowest BCUT2D eigenvalue weighted by molar-refractivity contribution is 0.0465. The van der Waals surface area contributed by atoms with Crippen molar-refractivity contribution >= 4 is 17.9 Å². The number of carbonyl (C=O) groups excluding carboxylic acids is 3. The summed E-state index contributed by atoms with van der Waals surface area (Å²) < 4.78 is 38.7. The molecule has 10 heteroatoms. The van der Waals surface area contributed by atoms with Crippen LogP contribution in [0.2, 0.25) is 0 Å². The molecule has 0 aliphatic carbocycles. The minimum atomic E-state index is -0.765. The van der Waals surface area contributed by atoms with Crippen LogP contribution in [0.5, 0.6) is 23.0 Å². The second-order valence-electron chi connectivity index (χ2n) is 11.6. The molecule has 0 amide bonds. The van der Waals surface area contributed by atoms with Gasteiger partial charge in [0.25, 0.3) is 0 Å². The van der Waals surface area contributed by atoms with Gasteiger partial charge >= 0.3 is 17.9 Å². The van der Waals surface area contributed by atoms with Gasteiger partial charge in [-0.15, -0.1) is 0 Å². The number of hydrogen-bond donors (Lipinski definition) is 0. The number of carbonyl (C=O) groups is 3. The van der Waals surface area contributed by atoms with Crippen LogP contribution in [-0.4, -0.2) is 55.5 Å². The smallest absolute Gasteiger partial charge is 0.343 e. The summed E-state index contributed by atoms with van der Waals surface area (Å²) in [6, 6.07) is 26.2. The molecule has 4 aromatic rings. The quantitative estimate of drug-likeness (QED) is 0.102. The highest BCUT2D eigenvalue weighted by atomic mass is 16.6. The van der Waals surface area contributed by atoms with Crippen LogP contribution in [0.15, 0.2) is 97.1 Å². The van der Waals surface area contributed by atoms with Gasteiger partial charge in [0, 0.05) is 0 Å². The number of esters is 3. The summed E-state index contributed by atoms with van der Waals surface area (Å²) >= 11 is 0. The second kappa shape index (κ2) is 13.0. The lowest BCUT2D eigenvalue weighted by atomic mass is 10.1. The van der Waals surface area contributed by atoms with Crippen LogP contribution in [0.25, 0.3) is 0 Å². The van der Waals surface area contributed by atoms with Gasteiger partial charge in [0.2, 0.25) is 0 Å². The van der Waals surface area contributed by atoms with E-state index in [0.29, 0.717) is 37.9 Å². The number of hydrogen-bond acceptors (Lipinski definition) is 10. The molecule has 0 saturated carbocycles. The van der Waals surface area contributed by atoms with Crippen LogP contribution >= 0.6 is 0 Å². The number of benzene rings is 4. The van der Waals surface area contributed by atoms with E-state index in [-0.39, 0.29) is 46.0 Å². The SMILES string of the molecule is CC1(COc2ccc(C(=O)Oc3ccc(OC(=O)c4ccc(OCC5(C)CO5)cc4)c(C(=O)OCc4ccccc4)c3)cc2)CO1. The van der Waals surface area contributed by atoms with Gasteiger partial charge in [-0.2, -0.15) is 0 Å². The Morgan fingerprint density at radius 3 is 1.65 bits per heavy atom. The van der Waals surface area contributed by atoms with E-state index < -0.39 is 17.9 Å². The van der Waals surface area contributed by atoms with Gasteiger partial charge in [0.05, 0.1) is 24.3 Å². The van der Waals surface area contributed by atoms with Crippen molar-refractivity contribution in [3.63, 3.8) is 0 Å². The maximum absolute atomic E-state index is 13.2. The van der Waals surface area contributed by atoms with Gasteiger partial charge in [0.15, 0.2) is 0 Å². The fraction of sp³-hybridized carbons (Fsp3) is 0.250. The minimum Gasteiger partial charge on any atom is -0.491 e. The van der Waals surface area contributed by atoms with Crippen LogP contribution in [0, 0.1) is 0 Å². The Bertz CT molecular complexity index is 1710. The molecule has 0 aromatic heterocycles. The lowest BCUT2D eigenvalue weighted by Crippen LogP contribution is -2.17. The van der Waals surface area contributed by atoms with Crippen LogP contribution in [0.1, 0.15) is 50.5 Å². The molecule has 0 bridgehead atoms. The molecule has 46 heavy (non-hydrogen) atoms. The van der Waals surface area contributed by atoms with Gasteiger partial charge in [-0.1, -0.05) is 30.3 Å². The highest BCUT2D eigenvalue weighted by Crippen LogP contribution is 2.30. The third-order valence-corrected chi connectivity index (χ3v) is 7.34. The molecule has 2 heterocycles. The third kappa shape index (κ3) is 8.09. The zero-order valence-electron chi connectivity index (χ0n) is 25.4. The van der Waals surface area contributed by atoms with Gasteiger partial charge in [-0.3, -0.25) is 0 Å². The number of rotatable bonds is 13. The van der Waals surface area contributed by atoms with Crippen molar-refractivity contribution < 1.29 is 47.5 Å². The first-order valence-corrected chi connectivity index (χ1v) is 14.7. The molecule has 0 N–H and O–H groups in total. The van der Waals surface area contributed by atoms with E-state index in [9.17, 15) is 14.4 Å². The average molecular weight is 625 g/mol. The largest absolute Gasteiger partial charge is 0.491 e. The van der Waals surface area contributed by atoms with Gasteiger partial charge in [0.1, 0.15) is 59.6 Å². The highest BCUT2D eigenvalue weighted by Gasteiger charge is 2.40. The number of ether oxygens (including phenoxy) is 7. The van der Waals surface area contributed by atoms with E-state index in [1.54, 1.807) is 48.5 Å². The molecular formula is C36H32O10. The minimum absolute atomic E-state index is 0.0116. The standard InChI is InChI=1S/C36H32O10/c1-35(22-43-35)20-41-27-12-8-25(9-13-27)32(37)45-29-16-17-31(30(18-29)34(39)40-19-24-6-4-3-5-7-24)46-33(38)26-10-14-28(15-11-26)42-21-36(2)23-44-36/h3-18H,19-23H2,1-2H3. The van der Waals surface area contributed by atoms with E-state index in [0.717, 1.165) is 5.56 Å². The molecule has 2 atom stereocenters. The Morgan fingerprint density at radius 2 is 1.13 bits per heavy atom. The van der Waals surface area contributed by atoms with Gasteiger partial charge in [-0.05, 0) is 86.1 Å². The Balaban J connectivity index is 1.15. The lowest BCUT2D eigenvalue weighted by Gasteiger charge is -2.13. The molecule has 2 fully saturated rings. The molecule has 2 unspecified atom stereocenters. The van der Waals surface area contributed by atoms with E-state index in [1.165, 1.54) is 18.2 Å². The van der Waals surface area contributed by atoms with Crippen molar-refractivity contribution in [2.75, 3.05) is 26.4 Å². The Morgan fingerprint density at radius 1 is 0.630 bits per heavy atom. The topological polar surface area (TPSA) is 122 Å². The summed E-state index contributed by atoms with van der Waals surface area (Å²) in [4.78, 5) is 39.2. The molecule has 6 rings (SSSR count). The molecule has 236 valence electrons. The first-order chi connectivity index (χ1) is 22.2. The van der Waals surface area contributed by atoms with Crippen LogP contribution in [0.4, 0.5) is 0 Å². The Kier molecular flexibility index (Phi) is 8.74. The summed E-state index contributed by atoms with van der Waals surface area (Å²) in [5, 5.41) is 0. The summed E-state index contributed by atoms with van der Waals surface area (Å²) in [6.45, 7) is 6.00. The molecule has 4 aromatic carbocycles. The van der Waals surface area contributed by atoms with Crippen molar-refractivity contribution in [3.8, 4) is 23.0 Å². The molecule has 0 radical (unpaired) electrons. The van der Waals surface area contributed by atoms with Gasteiger partial charge in [-0.25, -0.2) is 14.4 Å². The summed E-state index contributed by atoms with van der Waals surface area (Å²) in [5.74, 6) is -0.945. The average Bonchev–Trinajstić information content (AvgIpc) is 4.01. The van der Waals surface area contributed by atoms with Gasteiger partial charge < -0.3 is 33.2 Å². The summed E-state index contributed by atoms with van der Waals surface area (Å²) in [7, 11) is 0. The molecule has 10 nitrogen and oxygen atoms in total. The predicted molar refractivity (Wildman–Crippen MR) is 165 cm³/mol. The fourth-order valence-electron chi connectivity index (χ4n) is 4.21. The Labute approximate surface area is 265 Å². The van der Waals surface area contributed by atoms with E-state index in [2.05, 4.69) is 0 Å². The molecule has 0 spiro atoms. The zero-order chi connectivity index (χ0) is 32.1. The van der Waals surface area contributed by atoms with E-state index in [4.69, 9.17) is 33.2 Å². The first-order valence-electron chi connectivity index (χ1n) is 14.7. The first kappa shape index (κ1) is 30.8. The third-order valence-electron chi connectivity index (χ3n) is 7.34. The van der Waals surface area contributed by atoms with Crippen LogP contribution in [0.3, 0.4) is 0 Å². The predicted octanol–water partition coefficient (Wildman–Crippen LogP) is 5.82. The van der Waals surface area contributed by atoms with Crippen LogP contribution < -0.4 is 18.9 Å². The van der Waals surface area contributed by atoms with E-state index >= 15 is 0 Å². The van der Waals surface area contributed by atoms with E-state index in [1.807, 2.05) is 44.2 Å². The Hall–Kier alpha value is -5.19. The summed E-state index contributed by atoms with van der Waals surface area (Å²) in [5.41, 5.74) is 0.664. The maximum Gasteiger partial charge on any atom is 0.343 e.